The highest BCUT2D eigenvalue weighted by atomic mass is 16.3. The van der Waals surface area contributed by atoms with E-state index in [1.54, 1.807) is 0 Å². The number of rotatable bonds is 8. The molecule has 2 rings (SSSR count). The fraction of sp³-hybridized carbons (Fsp3) is 0.556. The largest absolute Gasteiger partial charge is 0.461 e. The summed E-state index contributed by atoms with van der Waals surface area (Å²) in [6, 6.07) is 8.92. The lowest BCUT2D eigenvalue weighted by Gasteiger charge is -2.13. The molecule has 110 valence electrons. The number of aryl methyl sites for hydroxylation is 1. The van der Waals surface area contributed by atoms with E-state index in [2.05, 4.69) is 44.3 Å². The zero-order valence-electron chi connectivity index (χ0n) is 13.0. The maximum Gasteiger partial charge on any atom is 0.134 e. The van der Waals surface area contributed by atoms with Gasteiger partial charge < -0.3 is 9.73 Å². The number of fused-ring (bicyclic) bond motifs is 1. The highest BCUT2D eigenvalue weighted by Gasteiger charge is 2.12. The zero-order chi connectivity index (χ0) is 14.4. The van der Waals surface area contributed by atoms with Gasteiger partial charge in [-0.1, -0.05) is 51.3 Å². The Morgan fingerprint density at radius 1 is 1.15 bits per heavy atom. The Morgan fingerprint density at radius 2 is 1.95 bits per heavy atom. The van der Waals surface area contributed by atoms with Gasteiger partial charge in [0.15, 0.2) is 0 Å². The molecule has 0 aliphatic heterocycles. The first-order valence-electron chi connectivity index (χ1n) is 7.98. The fourth-order valence-electron chi connectivity index (χ4n) is 2.71. The summed E-state index contributed by atoms with van der Waals surface area (Å²) in [5, 5.41) is 4.91. The van der Waals surface area contributed by atoms with Gasteiger partial charge in [0.25, 0.3) is 0 Å². The van der Waals surface area contributed by atoms with E-state index in [0.717, 1.165) is 24.3 Å². The molecule has 2 aromatic rings. The van der Waals surface area contributed by atoms with E-state index in [-0.39, 0.29) is 0 Å². The van der Waals surface area contributed by atoms with Gasteiger partial charge in [-0.15, -0.1) is 0 Å². The first kappa shape index (κ1) is 15.1. The van der Waals surface area contributed by atoms with Gasteiger partial charge in [0.1, 0.15) is 11.3 Å². The topological polar surface area (TPSA) is 25.2 Å². The highest BCUT2D eigenvalue weighted by molar-refractivity contribution is 5.82. The van der Waals surface area contributed by atoms with Crippen molar-refractivity contribution in [3.63, 3.8) is 0 Å². The van der Waals surface area contributed by atoms with E-state index >= 15 is 0 Å². The van der Waals surface area contributed by atoms with Gasteiger partial charge in [0.2, 0.25) is 0 Å². The molecule has 1 aromatic carbocycles. The van der Waals surface area contributed by atoms with Gasteiger partial charge in [-0.05, 0) is 19.4 Å². The second kappa shape index (κ2) is 7.49. The average Bonchev–Trinajstić information content (AvgIpc) is 2.83. The molecule has 2 nitrogen and oxygen atoms in total. The Labute approximate surface area is 122 Å². The molecule has 0 spiro atoms. The average molecular weight is 273 g/mol. The molecular weight excluding hydrogens is 246 g/mol. The maximum absolute atomic E-state index is 5.94. The quantitative estimate of drug-likeness (QED) is 0.680. The normalized spacial score (nSPS) is 12.9. The number of unbranched alkanes of at least 4 members (excludes halogenated alkanes) is 2. The third kappa shape index (κ3) is 3.63. The number of furan rings is 1. The summed E-state index contributed by atoms with van der Waals surface area (Å²) in [7, 11) is 0. The summed E-state index contributed by atoms with van der Waals surface area (Å²) < 4.78 is 5.94. The Bertz CT molecular complexity index is 529. The smallest absolute Gasteiger partial charge is 0.134 e. The number of hydrogen-bond donors (Lipinski definition) is 1. The molecule has 0 fully saturated rings. The minimum absolute atomic E-state index is 0.569. The van der Waals surface area contributed by atoms with E-state index in [4.69, 9.17) is 4.42 Å². The van der Waals surface area contributed by atoms with Crippen molar-refractivity contribution >= 4 is 11.0 Å². The molecular formula is C18H27NO. The molecule has 0 radical (unpaired) electrons. The summed E-state index contributed by atoms with van der Waals surface area (Å²) in [6.45, 7) is 7.60. The first-order valence-corrected chi connectivity index (χ1v) is 7.98. The van der Waals surface area contributed by atoms with E-state index in [1.807, 2.05) is 6.07 Å². The molecule has 1 atom stereocenters. The van der Waals surface area contributed by atoms with Crippen LogP contribution in [0.4, 0.5) is 0 Å². The van der Waals surface area contributed by atoms with E-state index < -0.39 is 0 Å². The van der Waals surface area contributed by atoms with E-state index in [1.165, 1.54) is 36.6 Å². The second-order valence-corrected chi connectivity index (χ2v) is 5.63. The van der Waals surface area contributed by atoms with Crippen molar-refractivity contribution in [1.29, 1.82) is 0 Å². The maximum atomic E-state index is 5.94. The Hall–Kier alpha value is -1.28. The Kier molecular flexibility index (Phi) is 5.66. The Balaban J connectivity index is 2.01. The van der Waals surface area contributed by atoms with Crippen LogP contribution in [0.3, 0.4) is 0 Å². The summed E-state index contributed by atoms with van der Waals surface area (Å²) >= 11 is 0. The molecule has 1 heterocycles. The lowest BCUT2D eigenvalue weighted by atomic mass is 10.1. The molecule has 0 aliphatic carbocycles. The van der Waals surface area contributed by atoms with Crippen LogP contribution < -0.4 is 5.32 Å². The van der Waals surface area contributed by atoms with Crippen molar-refractivity contribution in [3.8, 4) is 0 Å². The van der Waals surface area contributed by atoms with Crippen LogP contribution in [0.25, 0.3) is 11.0 Å². The molecule has 0 aliphatic rings. The van der Waals surface area contributed by atoms with E-state index in [0.29, 0.717) is 6.04 Å². The van der Waals surface area contributed by atoms with Gasteiger partial charge >= 0.3 is 0 Å². The van der Waals surface area contributed by atoms with Crippen LogP contribution in [0, 0.1) is 0 Å². The standard InChI is InChI=1S/C18H27NO/c1-4-6-7-10-14(3)19-13-16-15-11-8-9-12-18(15)20-17(16)5-2/h8-9,11-12,14,19H,4-7,10,13H2,1-3H3. The monoisotopic (exact) mass is 273 g/mol. The summed E-state index contributed by atoms with van der Waals surface area (Å²) in [5.74, 6) is 1.12. The number of nitrogens with one attached hydrogen (secondary N) is 1. The third-order valence-corrected chi connectivity index (χ3v) is 3.97. The molecule has 0 bridgehead atoms. The summed E-state index contributed by atoms with van der Waals surface area (Å²) in [5.41, 5.74) is 2.35. The van der Waals surface area contributed by atoms with Crippen LogP contribution in [-0.2, 0) is 13.0 Å². The van der Waals surface area contributed by atoms with Gasteiger partial charge in [-0.2, -0.15) is 0 Å². The number of para-hydroxylation sites is 1. The lowest BCUT2D eigenvalue weighted by molar-refractivity contribution is 0.480. The molecule has 1 unspecified atom stereocenters. The van der Waals surface area contributed by atoms with Crippen LogP contribution in [0.15, 0.2) is 28.7 Å². The lowest BCUT2D eigenvalue weighted by Crippen LogP contribution is -2.25. The van der Waals surface area contributed by atoms with Crippen molar-refractivity contribution in [2.75, 3.05) is 0 Å². The molecule has 0 saturated heterocycles. The fourth-order valence-corrected chi connectivity index (χ4v) is 2.71. The SMILES string of the molecule is CCCCCC(C)NCc1c(CC)oc2ccccc12. The first-order chi connectivity index (χ1) is 9.76. The zero-order valence-corrected chi connectivity index (χ0v) is 13.0. The van der Waals surface area contributed by atoms with Gasteiger partial charge in [0, 0.05) is 30.0 Å². The van der Waals surface area contributed by atoms with Crippen molar-refractivity contribution in [2.24, 2.45) is 0 Å². The highest BCUT2D eigenvalue weighted by Crippen LogP contribution is 2.26. The van der Waals surface area contributed by atoms with Crippen molar-refractivity contribution in [3.05, 3.63) is 35.6 Å². The predicted octanol–water partition coefficient (Wildman–Crippen LogP) is 5.05. The minimum atomic E-state index is 0.569. The van der Waals surface area contributed by atoms with Gasteiger partial charge in [0.05, 0.1) is 0 Å². The van der Waals surface area contributed by atoms with Crippen molar-refractivity contribution < 1.29 is 4.42 Å². The summed E-state index contributed by atoms with van der Waals surface area (Å²) in [6.07, 6.45) is 6.15. The van der Waals surface area contributed by atoms with E-state index in [9.17, 15) is 0 Å². The molecule has 0 amide bonds. The molecule has 0 saturated carbocycles. The molecule has 1 N–H and O–H groups in total. The predicted molar refractivity (Wildman–Crippen MR) is 86.0 cm³/mol. The van der Waals surface area contributed by atoms with Crippen molar-refractivity contribution in [2.45, 2.75) is 65.5 Å². The summed E-state index contributed by atoms with van der Waals surface area (Å²) in [4.78, 5) is 0. The molecule has 2 heteroatoms. The third-order valence-electron chi connectivity index (χ3n) is 3.97. The van der Waals surface area contributed by atoms with Crippen LogP contribution in [0.2, 0.25) is 0 Å². The van der Waals surface area contributed by atoms with Crippen LogP contribution in [-0.4, -0.2) is 6.04 Å². The van der Waals surface area contributed by atoms with Crippen molar-refractivity contribution in [1.82, 2.24) is 5.32 Å². The number of benzene rings is 1. The molecule has 1 aromatic heterocycles. The van der Waals surface area contributed by atoms with Crippen LogP contribution in [0.1, 0.15) is 57.8 Å². The molecule has 20 heavy (non-hydrogen) atoms. The van der Waals surface area contributed by atoms with Crippen LogP contribution >= 0.6 is 0 Å². The van der Waals surface area contributed by atoms with Gasteiger partial charge in [-0.3, -0.25) is 0 Å². The Morgan fingerprint density at radius 3 is 2.70 bits per heavy atom. The second-order valence-electron chi connectivity index (χ2n) is 5.63. The van der Waals surface area contributed by atoms with Gasteiger partial charge in [-0.25, -0.2) is 0 Å². The van der Waals surface area contributed by atoms with Crippen LogP contribution in [0.5, 0.6) is 0 Å². The minimum Gasteiger partial charge on any atom is -0.461 e. The number of hydrogen-bond acceptors (Lipinski definition) is 2.